The van der Waals surface area contributed by atoms with E-state index in [9.17, 15) is 9.18 Å². The topological polar surface area (TPSA) is 43.7 Å². The zero-order valence-electron chi connectivity index (χ0n) is 15.8. The number of piperidine rings is 1. The molecule has 6 heteroatoms. The Bertz CT molecular complexity index is 828. The molecule has 2 aliphatic rings. The molecule has 4 rings (SSSR count). The lowest BCUT2D eigenvalue weighted by Gasteiger charge is -2.37. The van der Waals surface area contributed by atoms with E-state index >= 15 is 0 Å². The number of nitrogens with zero attached hydrogens (tertiary/aromatic N) is 2. The Morgan fingerprint density at radius 1 is 1.11 bits per heavy atom. The van der Waals surface area contributed by atoms with Crippen molar-refractivity contribution in [3.05, 3.63) is 53.1 Å². The molecule has 0 N–H and O–H groups in total. The van der Waals surface area contributed by atoms with Gasteiger partial charge in [0.1, 0.15) is 5.82 Å². The van der Waals surface area contributed by atoms with Crippen LogP contribution in [-0.4, -0.2) is 53.9 Å². The third kappa shape index (κ3) is 3.57. The van der Waals surface area contributed by atoms with E-state index < -0.39 is 5.79 Å². The van der Waals surface area contributed by atoms with Gasteiger partial charge >= 0.3 is 0 Å². The van der Waals surface area contributed by atoms with Gasteiger partial charge in [0.25, 0.3) is 0 Å². The third-order valence-corrected chi connectivity index (χ3v) is 5.61. The Hall–Kier alpha value is -2.02. The molecule has 2 aromatic rings. The second-order valence-electron chi connectivity index (χ2n) is 7.40. The van der Waals surface area contributed by atoms with Gasteiger partial charge in [0.2, 0.25) is 0 Å². The molecular formula is C21H25FN2O3. The summed E-state index contributed by atoms with van der Waals surface area (Å²) in [5.74, 6) is -0.575. The Balaban J connectivity index is 1.46. The third-order valence-electron chi connectivity index (χ3n) is 5.61. The molecule has 1 spiro atoms. The quantitative estimate of drug-likeness (QED) is 0.773. The first-order chi connectivity index (χ1) is 13.0. The van der Waals surface area contributed by atoms with Gasteiger partial charge in [-0.25, -0.2) is 4.39 Å². The van der Waals surface area contributed by atoms with Gasteiger partial charge in [0, 0.05) is 48.6 Å². The first-order valence-electron chi connectivity index (χ1n) is 9.46. The molecule has 0 saturated carbocycles. The number of carbonyl (C=O) groups is 1. The first kappa shape index (κ1) is 18.3. The Morgan fingerprint density at radius 3 is 2.37 bits per heavy atom. The lowest BCUT2D eigenvalue weighted by molar-refractivity contribution is -0.184. The molecule has 2 saturated heterocycles. The van der Waals surface area contributed by atoms with Gasteiger partial charge in [0.15, 0.2) is 11.6 Å². The molecule has 5 nitrogen and oxygen atoms in total. The van der Waals surface area contributed by atoms with Crippen molar-refractivity contribution < 1.29 is 18.7 Å². The summed E-state index contributed by atoms with van der Waals surface area (Å²) in [5, 5.41) is 0. The fourth-order valence-corrected chi connectivity index (χ4v) is 4.16. The van der Waals surface area contributed by atoms with Crippen LogP contribution in [0.3, 0.4) is 0 Å². The zero-order chi connectivity index (χ0) is 19.0. The Morgan fingerprint density at radius 2 is 1.74 bits per heavy atom. The molecule has 1 aromatic heterocycles. The van der Waals surface area contributed by atoms with Crippen molar-refractivity contribution in [3.8, 4) is 5.69 Å². The summed E-state index contributed by atoms with van der Waals surface area (Å²) in [6, 6.07) is 8.26. The van der Waals surface area contributed by atoms with Crippen LogP contribution >= 0.6 is 0 Å². The van der Waals surface area contributed by atoms with E-state index in [-0.39, 0.29) is 11.6 Å². The highest BCUT2D eigenvalue weighted by atomic mass is 19.1. The average Bonchev–Trinajstić information content (AvgIpc) is 3.23. The maximum absolute atomic E-state index is 13.2. The summed E-state index contributed by atoms with van der Waals surface area (Å²) < 4.78 is 26.7. The molecule has 27 heavy (non-hydrogen) atoms. The molecule has 3 heterocycles. The van der Waals surface area contributed by atoms with Crippen LogP contribution in [0.2, 0.25) is 0 Å². The smallest absolute Gasteiger partial charge is 0.178 e. The summed E-state index contributed by atoms with van der Waals surface area (Å²) in [7, 11) is 0. The lowest BCUT2D eigenvalue weighted by Crippen LogP contribution is -2.46. The molecule has 1 aromatic carbocycles. The number of hydrogen-bond donors (Lipinski definition) is 0. The molecule has 2 fully saturated rings. The highest BCUT2D eigenvalue weighted by Gasteiger charge is 2.40. The van der Waals surface area contributed by atoms with Crippen LogP contribution in [0.25, 0.3) is 5.69 Å². The molecule has 0 aliphatic carbocycles. The number of rotatable bonds is 4. The van der Waals surface area contributed by atoms with Gasteiger partial charge in [-0.2, -0.15) is 0 Å². The number of hydrogen-bond acceptors (Lipinski definition) is 4. The second-order valence-corrected chi connectivity index (χ2v) is 7.40. The molecule has 0 atom stereocenters. The number of aromatic nitrogens is 1. The number of likely N-dealkylation sites (tertiary alicyclic amines) is 1. The number of halogens is 1. The number of aryl methyl sites for hydroxylation is 1. The highest BCUT2D eigenvalue weighted by molar-refractivity contribution is 5.99. The van der Waals surface area contributed by atoms with E-state index in [4.69, 9.17) is 9.47 Å². The minimum Gasteiger partial charge on any atom is -0.347 e. The summed E-state index contributed by atoms with van der Waals surface area (Å²) >= 11 is 0. The molecule has 0 bridgehead atoms. The van der Waals surface area contributed by atoms with Gasteiger partial charge in [-0.1, -0.05) is 0 Å². The van der Waals surface area contributed by atoms with E-state index in [2.05, 4.69) is 4.90 Å². The predicted molar refractivity (Wildman–Crippen MR) is 99.8 cm³/mol. The van der Waals surface area contributed by atoms with Crippen molar-refractivity contribution in [2.45, 2.75) is 32.5 Å². The fourth-order valence-electron chi connectivity index (χ4n) is 4.16. The zero-order valence-corrected chi connectivity index (χ0v) is 15.8. The van der Waals surface area contributed by atoms with Gasteiger partial charge < -0.3 is 14.0 Å². The van der Waals surface area contributed by atoms with E-state index in [0.29, 0.717) is 19.8 Å². The van der Waals surface area contributed by atoms with Crippen LogP contribution < -0.4 is 0 Å². The van der Waals surface area contributed by atoms with Crippen LogP contribution in [0.15, 0.2) is 30.3 Å². The average molecular weight is 372 g/mol. The van der Waals surface area contributed by atoms with E-state index in [1.807, 2.05) is 24.5 Å². The molecule has 144 valence electrons. The minimum atomic E-state index is -0.419. The predicted octanol–water partition coefficient (Wildman–Crippen LogP) is 3.25. The van der Waals surface area contributed by atoms with E-state index in [1.54, 1.807) is 12.1 Å². The van der Waals surface area contributed by atoms with Crippen LogP contribution in [0.4, 0.5) is 4.39 Å². The number of benzene rings is 1. The van der Waals surface area contributed by atoms with Crippen molar-refractivity contribution >= 4 is 5.78 Å². The number of carbonyl (C=O) groups excluding carboxylic acids is 1. The van der Waals surface area contributed by atoms with Crippen LogP contribution in [0, 0.1) is 19.7 Å². The van der Waals surface area contributed by atoms with Crippen molar-refractivity contribution in [2.24, 2.45) is 0 Å². The van der Waals surface area contributed by atoms with Gasteiger partial charge in [-0.05, 0) is 44.2 Å². The van der Waals surface area contributed by atoms with Gasteiger partial charge in [-0.15, -0.1) is 0 Å². The van der Waals surface area contributed by atoms with Crippen LogP contribution in [0.1, 0.15) is 34.6 Å². The lowest BCUT2D eigenvalue weighted by atomic mass is 10.0. The van der Waals surface area contributed by atoms with Crippen molar-refractivity contribution in [1.29, 1.82) is 0 Å². The summed E-state index contributed by atoms with van der Waals surface area (Å²) in [5.41, 5.74) is 3.44. The standard InChI is InChI=1S/C21H25FN2O3/c1-15-13-19(16(2)24(15)18-5-3-17(22)4-6-18)20(25)14-23-9-7-21(8-10-23)26-11-12-27-21/h3-6,13H,7-12,14H2,1-2H3. The number of Topliss-reactive ketones (excluding diaryl/α,β-unsaturated/α-hetero) is 1. The maximum Gasteiger partial charge on any atom is 0.178 e. The van der Waals surface area contributed by atoms with Crippen molar-refractivity contribution in [1.82, 2.24) is 9.47 Å². The summed E-state index contributed by atoms with van der Waals surface area (Å²) in [6.07, 6.45) is 1.60. The molecule has 0 unspecified atom stereocenters. The van der Waals surface area contributed by atoms with Crippen molar-refractivity contribution in [3.63, 3.8) is 0 Å². The maximum atomic E-state index is 13.2. The normalized spacial score (nSPS) is 19.7. The summed E-state index contributed by atoms with van der Waals surface area (Å²) in [6.45, 7) is 7.21. The Kier molecular flexibility index (Phi) is 4.88. The molecule has 0 amide bonds. The largest absolute Gasteiger partial charge is 0.347 e. The SMILES string of the molecule is Cc1cc(C(=O)CN2CCC3(CC2)OCCO3)c(C)n1-c1ccc(F)cc1. The van der Waals surface area contributed by atoms with Gasteiger partial charge in [-0.3, -0.25) is 9.69 Å². The minimum absolute atomic E-state index is 0.112. The van der Waals surface area contributed by atoms with Crippen LogP contribution in [0.5, 0.6) is 0 Å². The molecule has 2 aliphatic heterocycles. The monoisotopic (exact) mass is 372 g/mol. The Labute approximate surface area is 158 Å². The molecule has 0 radical (unpaired) electrons. The number of ether oxygens (including phenoxy) is 2. The van der Waals surface area contributed by atoms with E-state index in [1.165, 1.54) is 12.1 Å². The molecular weight excluding hydrogens is 347 g/mol. The van der Waals surface area contributed by atoms with Crippen LogP contribution in [-0.2, 0) is 9.47 Å². The fraction of sp³-hybridized carbons (Fsp3) is 0.476. The number of ketones is 1. The first-order valence-corrected chi connectivity index (χ1v) is 9.46. The van der Waals surface area contributed by atoms with Crippen molar-refractivity contribution in [2.75, 3.05) is 32.8 Å². The summed E-state index contributed by atoms with van der Waals surface area (Å²) in [4.78, 5) is 15.1. The second kappa shape index (κ2) is 7.19. The van der Waals surface area contributed by atoms with Gasteiger partial charge in [0.05, 0.1) is 19.8 Å². The highest BCUT2D eigenvalue weighted by Crippen LogP contribution is 2.31. The van der Waals surface area contributed by atoms with E-state index in [0.717, 1.165) is 48.6 Å².